The van der Waals surface area contributed by atoms with Crippen LogP contribution in [0.2, 0.25) is 0 Å². The van der Waals surface area contributed by atoms with E-state index in [2.05, 4.69) is 0 Å². The second-order valence-corrected chi connectivity index (χ2v) is 0.492. The van der Waals surface area contributed by atoms with Crippen LogP contribution in [0.25, 0.3) is 0 Å². The maximum Gasteiger partial charge on any atom is 1.00 e. The third kappa shape index (κ3) is 56.4. The van der Waals surface area contributed by atoms with Crippen LogP contribution >= 0.6 is 0 Å². The average molecular weight is 154 g/mol. The summed E-state index contributed by atoms with van der Waals surface area (Å²) in [7, 11) is 0. The van der Waals surface area contributed by atoms with Crippen LogP contribution in [-0.4, -0.2) is 5.97 Å². The monoisotopic (exact) mass is 154 g/mol. The van der Waals surface area contributed by atoms with Gasteiger partial charge in [0.15, 0.2) is 0 Å². The first-order chi connectivity index (χ1) is 1.73. The summed E-state index contributed by atoms with van der Waals surface area (Å²) in [6.07, 6.45) is 0. The summed E-state index contributed by atoms with van der Waals surface area (Å²) in [5.74, 6) is -1.08. The maximum atomic E-state index is 8.89. The molecule has 0 aromatic carbocycles. The van der Waals surface area contributed by atoms with E-state index in [9.17, 15) is 0 Å². The number of carboxylic acid groups (broad SMARTS) is 1. The molecule has 6 heteroatoms. The Morgan fingerprint density at radius 3 is 1.25 bits per heavy atom. The van der Waals surface area contributed by atoms with Crippen molar-refractivity contribution in [1.29, 1.82) is 0 Å². The van der Waals surface area contributed by atoms with E-state index in [0.717, 1.165) is 6.92 Å². The molecule has 0 N–H and O–H groups in total. The Hall–Kier alpha value is 3.47. The molecule has 0 spiro atoms. The Bertz CT molecular complexity index is 44.3. The largest absolute Gasteiger partial charge is 1.00 e. The molecule has 2 nitrogen and oxygen atoms in total. The van der Waals surface area contributed by atoms with Crippen molar-refractivity contribution < 1.29 is 132 Å². The fraction of sp³-hybridized carbons (Fsp3) is 0.500. The van der Waals surface area contributed by atoms with Gasteiger partial charge in [-0.25, -0.2) is 0 Å². The first-order valence-corrected chi connectivity index (χ1v) is 0.908. The molecule has 0 saturated heterocycles. The molecule has 0 aromatic heterocycles. The van der Waals surface area contributed by atoms with Crippen molar-refractivity contribution >= 4 is 5.97 Å². The van der Waals surface area contributed by atoms with Crippen LogP contribution in [0.3, 0.4) is 0 Å². The van der Waals surface area contributed by atoms with Crippen molar-refractivity contribution in [2.75, 3.05) is 0 Å². The Kier molecular flexibility index (Phi) is 84.2. The van der Waals surface area contributed by atoms with Crippen LogP contribution in [0.15, 0.2) is 0 Å². The molecule has 0 saturated carbocycles. The van der Waals surface area contributed by atoms with Crippen molar-refractivity contribution in [3.63, 3.8) is 0 Å². The average Bonchev–Trinajstić information content (AvgIpc) is 0.811. The molecule has 8 heavy (non-hydrogen) atoms. The molecule has 0 aliphatic rings. The zero-order valence-electron chi connectivity index (χ0n) is 9.32. The van der Waals surface area contributed by atoms with E-state index in [1.165, 1.54) is 0 Å². The maximum absolute atomic E-state index is 8.89. The molecule has 0 amide bonds. The van der Waals surface area contributed by atoms with Gasteiger partial charge in [0, 0.05) is 5.97 Å². The summed E-state index contributed by atoms with van der Waals surface area (Å²) in [6, 6.07) is 0. The molecular formula is C2H6Na4O2. The van der Waals surface area contributed by atoms with E-state index in [-0.39, 0.29) is 123 Å². The predicted octanol–water partition coefficient (Wildman–Crippen LogP) is -12.9. The van der Waals surface area contributed by atoms with Gasteiger partial charge >= 0.3 is 118 Å². The summed E-state index contributed by atoms with van der Waals surface area (Å²) in [5.41, 5.74) is 0. The van der Waals surface area contributed by atoms with E-state index < -0.39 is 5.97 Å². The molecule has 0 atom stereocenters. The quantitative estimate of drug-likeness (QED) is 0.325. The van der Waals surface area contributed by atoms with Gasteiger partial charge in [0.05, 0.1) is 0 Å². The predicted molar refractivity (Wildman–Crippen MR) is 14.0 cm³/mol. The van der Waals surface area contributed by atoms with Crippen molar-refractivity contribution in [2.24, 2.45) is 0 Å². The molecule has 0 fully saturated rings. The van der Waals surface area contributed by atoms with Gasteiger partial charge < -0.3 is 14.2 Å². The fourth-order valence-corrected chi connectivity index (χ4v) is 0. The van der Waals surface area contributed by atoms with Gasteiger partial charge in [-0.1, -0.05) is 0 Å². The zero-order valence-corrected chi connectivity index (χ0v) is 14.3. The molecule has 30 valence electrons. The summed E-state index contributed by atoms with van der Waals surface area (Å²) < 4.78 is 0. The van der Waals surface area contributed by atoms with E-state index >= 15 is 0 Å². The summed E-state index contributed by atoms with van der Waals surface area (Å²) >= 11 is 0. The van der Waals surface area contributed by atoms with Crippen LogP contribution in [0.5, 0.6) is 0 Å². The smallest absolute Gasteiger partial charge is 1.00 e. The first-order valence-electron chi connectivity index (χ1n) is 0.908. The fourth-order valence-electron chi connectivity index (χ4n) is 0. The van der Waals surface area contributed by atoms with Crippen LogP contribution < -0.4 is 123 Å². The molecule has 0 aromatic rings. The number of carbonyl (C=O) groups is 1. The van der Waals surface area contributed by atoms with Crippen LogP contribution in [0.4, 0.5) is 0 Å². The van der Waals surface area contributed by atoms with E-state index in [4.69, 9.17) is 9.90 Å². The van der Waals surface area contributed by atoms with Crippen LogP contribution in [0.1, 0.15) is 11.2 Å². The van der Waals surface area contributed by atoms with Crippen molar-refractivity contribution in [2.45, 2.75) is 6.92 Å². The minimum Gasteiger partial charge on any atom is -1.00 e. The molecule has 0 heterocycles. The van der Waals surface area contributed by atoms with E-state index in [1.54, 1.807) is 0 Å². The molecule has 0 aliphatic carbocycles. The molecule has 0 radical (unpaired) electrons. The molecular weight excluding hydrogens is 148 g/mol. The van der Waals surface area contributed by atoms with Gasteiger partial charge in [-0.3, -0.25) is 0 Å². The van der Waals surface area contributed by atoms with Gasteiger partial charge in [-0.05, 0) is 6.92 Å². The number of hydrogen-bond donors (Lipinski definition) is 0. The Morgan fingerprint density at radius 2 is 1.25 bits per heavy atom. The third-order valence-corrected chi connectivity index (χ3v) is 0. The van der Waals surface area contributed by atoms with Gasteiger partial charge in [-0.2, -0.15) is 0 Å². The standard InChI is InChI=1S/C2H4O2.4Na.3H/c1-2(3)4;;;;;;;/h1H3,(H,3,4);;;;;;;/q;4*+1;3*-1/p-1. The molecule has 0 bridgehead atoms. The molecule has 0 aliphatic heterocycles. The van der Waals surface area contributed by atoms with Crippen LogP contribution in [0, 0.1) is 0 Å². The Morgan fingerprint density at radius 1 is 1.25 bits per heavy atom. The van der Waals surface area contributed by atoms with Crippen molar-refractivity contribution in [3.05, 3.63) is 0 Å². The first kappa shape index (κ1) is 30.0. The third-order valence-electron chi connectivity index (χ3n) is 0. The molecule has 0 rings (SSSR count). The number of aliphatic carboxylic acids is 1. The number of rotatable bonds is 0. The van der Waals surface area contributed by atoms with Gasteiger partial charge in [0.25, 0.3) is 0 Å². The van der Waals surface area contributed by atoms with Crippen LogP contribution in [-0.2, 0) is 4.79 Å². The number of carbonyl (C=O) groups excluding carboxylic acids is 1. The summed E-state index contributed by atoms with van der Waals surface area (Å²) in [4.78, 5) is 8.89. The van der Waals surface area contributed by atoms with Gasteiger partial charge in [-0.15, -0.1) is 0 Å². The van der Waals surface area contributed by atoms with Gasteiger partial charge in [0.1, 0.15) is 0 Å². The topological polar surface area (TPSA) is 40.1 Å². The number of hydrogen-bond acceptors (Lipinski definition) is 2. The van der Waals surface area contributed by atoms with Crippen molar-refractivity contribution in [3.8, 4) is 0 Å². The second kappa shape index (κ2) is 22.4. The minimum atomic E-state index is -1.08. The SMILES string of the molecule is CC(=O)[O-].[H-].[H-].[H-].[Na+].[Na+].[Na+].[Na+]. The van der Waals surface area contributed by atoms with E-state index in [0.29, 0.717) is 0 Å². The Labute approximate surface area is 142 Å². The molecule has 0 unspecified atom stereocenters. The number of carboxylic acids is 1. The van der Waals surface area contributed by atoms with Crippen molar-refractivity contribution in [1.82, 2.24) is 0 Å². The normalized spacial score (nSPS) is 3.12. The Balaban J connectivity index is -0.00000000214. The van der Waals surface area contributed by atoms with Gasteiger partial charge in [0.2, 0.25) is 0 Å². The second-order valence-electron chi connectivity index (χ2n) is 0.492. The zero-order chi connectivity index (χ0) is 3.58. The minimum absolute atomic E-state index is 0. The summed E-state index contributed by atoms with van der Waals surface area (Å²) in [6.45, 7) is 0.972. The van der Waals surface area contributed by atoms with E-state index in [1.807, 2.05) is 0 Å². The summed E-state index contributed by atoms with van der Waals surface area (Å²) in [5, 5.41) is 8.89.